The van der Waals surface area contributed by atoms with Gasteiger partial charge in [-0.1, -0.05) is 37.3 Å². The Bertz CT molecular complexity index is 1210. The van der Waals surface area contributed by atoms with Gasteiger partial charge in [-0.05, 0) is 71.1 Å². The molecule has 3 aromatic carbocycles. The van der Waals surface area contributed by atoms with Gasteiger partial charge in [-0.2, -0.15) is 0 Å². The molecule has 0 atom stereocenters. The van der Waals surface area contributed by atoms with Crippen LogP contribution in [0.2, 0.25) is 0 Å². The van der Waals surface area contributed by atoms with E-state index in [1.807, 2.05) is 37.4 Å². The molecule has 156 valence electrons. The number of aliphatic carboxylic acids is 1. The van der Waals surface area contributed by atoms with E-state index in [0.717, 1.165) is 33.2 Å². The van der Waals surface area contributed by atoms with Gasteiger partial charge in [0.05, 0.1) is 6.04 Å². The number of halogens is 2. The summed E-state index contributed by atoms with van der Waals surface area (Å²) in [6.07, 6.45) is 3.78. The molecule has 0 amide bonds. The van der Waals surface area contributed by atoms with E-state index in [1.54, 1.807) is 24.3 Å². The molecule has 0 bridgehead atoms. The van der Waals surface area contributed by atoms with E-state index < -0.39 is 5.97 Å². The number of nitrogens with zero attached hydrogens (tertiary/aromatic N) is 1. The summed E-state index contributed by atoms with van der Waals surface area (Å²) in [5.41, 5.74) is 4.28. The van der Waals surface area contributed by atoms with Gasteiger partial charge in [0.1, 0.15) is 11.6 Å². The van der Waals surface area contributed by atoms with Crippen LogP contribution in [0.25, 0.3) is 16.5 Å². The smallest absolute Gasteiger partial charge is 0.328 e. The second kappa shape index (κ2) is 8.56. The highest BCUT2D eigenvalue weighted by molar-refractivity contribution is 5.92. The fraction of sp³-hybridized carbons (Fsp3) is 0.115. The number of aromatic nitrogens is 1. The summed E-state index contributed by atoms with van der Waals surface area (Å²) in [5.74, 6) is -1.61. The molecular weight excluding hydrogens is 396 g/mol. The first-order valence-corrected chi connectivity index (χ1v) is 10.0. The summed E-state index contributed by atoms with van der Waals surface area (Å²) in [4.78, 5) is 11.1. The second-order valence-electron chi connectivity index (χ2n) is 7.36. The first kappa shape index (κ1) is 20.5. The monoisotopic (exact) mass is 417 g/mol. The number of benzene rings is 3. The van der Waals surface area contributed by atoms with Gasteiger partial charge in [0.25, 0.3) is 0 Å². The third-order valence-corrected chi connectivity index (χ3v) is 5.42. The summed E-state index contributed by atoms with van der Waals surface area (Å²) in [5, 5.41) is 10.1. The fourth-order valence-electron chi connectivity index (χ4n) is 3.93. The highest BCUT2D eigenvalue weighted by Gasteiger charge is 2.19. The van der Waals surface area contributed by atoms with Crippen molar-refractivity contribution in [2.45, 2.75) is 19.4 Å². The van der Waals surface area contributed by atoms with Crippen molar-refractivity contribution in [1.82, 2.24) is 4.57 Å². The number of hydrogen-bond acceptors (Lipinski definition) is 1. The van der Waals surface area contributed by atoms with Crippen molar-refractivity contribution < 1.29 is 18.7 Å². The Morgan fingerprint density at radius 1 is 0.935 bits per heavy atom. The molecule has 0 aliphatic rings. The third-order valence-electron chi connectivity index (χ3n) is 5.42. The Hall–Kier alpha value is -3.73. The zero-order valence-corrected chi connectivity index (χ0v) is 16.9. The first-order valence-electron chi connectivity index (χ1n) is 10.0. The van der Waals surface area contributed by atoms with Crippen LogP contribution in [0.5, 0.6) is 0 Å². The SMILES string of the molecule is CCC(=CC(=O)O)c1ccc2c(ccn2C(c2ccc(F)cc2)c2ccc(F)cc2)c1. The maximum absolute atomic E-state index is 13.5. The van der Waals surface area contributed by atoms with Crippen LogP contribution in [0, 0.1) is 11.6 Å². The van der Waals surface area contributed by atoms with Crippen LogP contribution in [0.3, 0.4) is 0 Å². The second-order valence-corrected chi connectivity index (χ2v) is 7.36. The Morgan fingerprint density at radius 3 is 2.03 bits per heavy atom. The summed E-state index contributed by atoms with van der Waals surface area (Å²) in [6, 6.07) is 20.1. The predicted molar refractivity (Wildman–Crippen MR) is 118 cm³/mol. The van der Waals surface area contributed by atoms with E-state index in [4.69, 9.17) is 5.11 Å². The molecule has 4 rings (SSSR count). The van der Waals surface area contributed by atoms with Crippen LogP contribution >= 0.6 is 0 Å². The zero-order chi connectivity index (χ0) is 22.0. The third kappa shape index (κ3) is 4.26. The van der Waals surface area contributed by atoms with Gasteiger partial charge >= 0.3 is 5.97 Å². The number of carboxylic acids is 1. The Labute approximate surface area is 178 Å². The Morgan fingerprint density at radius 2 is 1.52 bits per heavy atom. The fourth-order valence-corrected chi connectivity index (χ4v) is 3.93. The van der Waals surface area contributed by atoms with Crippen molar-refractivity contribution in [3.8, 4) is 0 Å². The van der Waals surface area contributed by atoms with Gasteiger partial charge in [0.15, 0.2) is 0 Å². The average Bonchev–Trinajstić information content (AvgIpc) is 3.17. The molecule has 0 fully saturated rings. The minimum absolute atomic E-state index is 0.273. The Balaban J connectivity index is 1.85. The lowest BCUT2D eigenvalue weighted by Gasteiger charge is -2.22. The van der Waals surface area contributed by atoms with Crippen molar-refractivity contribution in [1.29, 1.82) is 0 Å². The quantitative estimate of drug-likeness (QED) is 0.367. The minimum atomic E-state index is -0.970. The lowest BCUT2D eigenvalue weighted by atomic mass is 9.97. The molecule has 0 aliphatic heterocycles. The van der Waals surface area contributed by atoms with Gasteiger partial charge in [-0.15, -0.1) is 0 Å². The van der Waals surface area contributed by atoms with Crippen LogP contribution in [-0.4, -0.2) is 15.6 Å². The summed E-state index contributed by atoms with van der Waals surface area (Å²) < 4.78 is 29.1. The molecule has 0 aliphatic carbocycles. The number of carbonyl (C=O) groups is 1. The molecule has 1 aromatic heterocycles. The molecule has 1 heterocycles. The van der Waals surface area contributed by atoms with Gasteiger partial charge in [-0.25, -0.2) is 13.6 Å². The number of carboxylic acid groups (broad SMARTS) is 1. The van der Waals surface area contributed by atoms with Gasteiger partial charge in [0, 0.05) is 23.2 Å². The molecule has 5 heteroatoms. The summed E-state index contributed by atoms with van der Waals surface area (Å²) in [6.45, 7) is 1.92. The van der Waals surface area contributed by atoms with Gasteiger partial charge in [0.2, 0.25) is 0 Å². The first-order chi connectivity index (χ1) is 15.0. The molecular formula is C26H21F2NO2. The highest BCUT2D eigenvalue weighted by Crippen LogP contribution is 2.32. The number of fused-ring (bicyclic) bond motifs is 1. The highest BCUT2D eigenvalue weighted by atomic mass is 19.1. The van der Waals surface area contributed by atoms with Crippen LogP contribution in [0.1, 0.15) is 36.1 Å². The molecule has 0 saturated carbocycles. The normalized spacial score (nSPS) is 11.9. The molecule has 31 heavy (non-hydrogen) atoms. The molecule has 3 nitrogen and oxygen atoms in total. The van der Waals surface area contributed by atoms with Crippen LogP contribution < -0.4 is 0 Å². The van der Waals surface area contributed by atoms with E-state index in [1.165, 1.54) is 30.3 Å². The van der Waals surface area contributed by atoms with Crippen molar-refractivity contribution >= 4 is 22.4 Å². The topological polar surface area (TPSA) is 42.2 Å². The number of rotatable bonds is 6. The predicted octanol–water partition coefficient (Wildman–Crippen LogP) is 6.44. The average molecular weight is 417 g/mol. The van der Waals surface area contributed by atoms with Crippen molar-refractivity contribution in [3.63, 3.8) is 0 Å². The number of allylic oxidation sites excluding steroid dienone is 1. The van der Waals surface area contributed by atoms with Crippen LogP contribution in [-0.2, 0) is 4.79 Å². The van der Waals surface area contributed by atoms with E-state index >= 15 is 0 Å². The van der Waals surface area contributed by atoms with Crippen molar-refractivity contribution in [2.75, 3.05) is 0 Å². The Kier molecular flexibility index (Phi) is 5.67. The van der Waals surface area contributed by atoms with Gasteiger partial charge < -0.3 is 9.67 Å². The molecule has 1 N–H and O–H groups in total. The minimum Gasteiger partial charge on any atom is -0.478 e. The van der Waals surface area contributed by atoms with Crippen molar-refractivity contribution in [2.24, 2.45) is 0 Å². The molecule has 0 unspecified atom stereocenters. The lowest BCUT2D eigenvalue weighted by Crippen LogP contribution is -2.11. The maximum Gasteiger partial charge on any atom is 0.328 e. The van der Waals surface area contributed by atoms with Gasteiger partial charge in [-0.3, -0.25) is 0 Å². The number of hydrogen-bond donors (Lipinski definition) is 1. The van der Waals surface area contributed by atoms with Crippen LogP contribution in [0.4, 0.5) is 8.78 Å². The molecule has 0 radical (unpaired) electrons. The van der Waals surface area contributed by atoms with E-state index in [-0.39, 0.29) is 17.7 Å². The van der Waals surface area contributed by atoms with E-state index in [0.29, 0.717) is 6.42 Å². The molecule has 0 spiro atoms. The maximum atomic E-state index is 13.5. The zero-order valence-electron chi connectivity index (χ0n) is 16.9. The van der Waals surface area contributed by atoms with Crippen LogP contribution in [0.15, 0.2) is 85.1 Å². The van der Waals surface area contributed by atoms with Crippen molar-refractivity contribution in [3.05, 3.63) is 113 Å². The largest absolute Gasteiger partial charge is 0.478 e. The molecule has 4 aromatic rings. The lowest BCUT2D eigenvalue weighted by molar-refractivity contribution is -0.131. The van der Waals surface area contributed by atoms with E-state index in [2.05, 4.69) is 4.57 Å². The standard InChI is InChI=1S/C26H21F2NO2/c1-2-17(16-25(30)31)20-7-12-24-21(15-20)13-14-29(24)26(18-3-8-22(27)9-4-18)19-5-10-23(28)11-6-19/h3-16,26H,2H2,1H3,(H,30,31). The summed E-state index contributed by atoms with van der Waals surface area (Å²) in [7, 11) is 0. The van der Waals surface area contributed by atoms with E-state index in [9.17, 15) is 13.6 Å². The molecule has 0 saturated heterocycles. The summed E-state index contributed by atoms with van der Waals surface area (Å²) >= 11 is 0.